The van der Waals surface area contributed by atoms with Crippen molar-refractivity contribution in [1.29, 1.82) is 0 Å². The highest BCUT2D eigenvalue weighted by molar-refractivity contribution is 6.05. The minimum Gasteiger partial charge on any atom is -0.354 e. The Morgan fingerprint density at radius 1 is 1.10 bits per heavy atom. The highest BCUT2D eigenvalue weighted by Gasteiger charge is 2.14. The molecule has 3 aromatic rings. The first kappa shape index (κ1) is 13.6. The van der Waals surface area contributed by atoms with Gasteiger partial charge in [0.05, 0.1) is 5.69 Å². The van der Waals surface area contributed by atoms with Crippen LogP contribution in [0.4, 0.5) is 0 Å². The van der Waals surface area contributed by atoms with Gasteiger partial charge in [-0.3, -0.25) is 4.79 Å². The van der Waals surface area contributed by atoms with E-state index in [1.54, 1.807) is 0 Å². The van der Waals surface area contributed by atoms with Crippen LogP contribution >= 0.6 is 0 Å². The lowest BCUT2D eigenvalue weighted by atomic mass is 10.0. The van der Waals surface area contributed by atoms with Crippen LogP contribution in [0.5, 0.6) is 0 Å². The smallest absolute Gasteiger partial charge is 0.152 e. The zero-order valence-corrected chi connectivity index (χ0v) is 12.7. The number of aromatic nitrogens is 1. The molecule has 0 unspecified atom stereocenters. The summed E-state index contributed by atoms with van der Waals surface area (Å²) in [6.45, 7) is 6.32. The molecule has 0 spiro atoms. The van der Waals surface area contributed by atoms with Gasteiger partial charge in [-0.2, -0.15) is 0 Å². The number of aryl methyl sites for hydroxylation is 3. The number of nitrogens with one attached hydrogen (secondary N) is 1. The number of aromatic amines is 1. The maximum Gasteiger partial charge on any atom is 0.152 e. The summed E-state index contributed by atoms with van der Waals surface area (Å²) in [4.78, 5) is 15.1. The highest BCUT2D eigenvalue weighted by atomic mass is 16.1. The van der Waals surface area contributed by atoms with Gasteiger partial charge in [-0.1, -0.05) is 37.3 Å². The van der Waals surface area contributed by atoms with Gasteiger partial charge in [-0.25, -0.2) is 0 Å². The average Bonchev–Trinajstić information content (AvgIpc) is 2.88. The van der Waals surface area contributed by atoms with Crippen LogP contribution in [-0.4, -0.2) is 11.3 Å². The van der Waals surface area contributed by atoms with Crippen molar-refractivity contribution < 1.29 is 4.79 Å². The third-order valence-corrected chi connectivity index (χ3v) is 4.25. The Labute approximate surface area is 124 Å². The molecule has 0 amide bonds. The first-order chi connectivity index (χ1) is 10.2. The molecule has 1 heterocycles. The summed E-state index contributed by atoms with van der Waals surface area (Å²) in [5.41, 5.74) is 7.56. The molecule has 1 aromatic heterocycles. The number of rotatable bonds is 3. The number of benzene rings is 2. The van der Waals surface area contributed by atoms with Gasteiger partial charge in [0.25, 0.3) is 0 Å². The number of para-hydroxylation sites is 1. The molecular weight excluding hydrogens is 258 g/mol. The van der Waals surface area contributed by atoms with Crippen LogP contribution < -0.4 is 0 Å². The van der Waals surface area contributed by atoms with Crippen molar-refractivity contribution in [2.45, 2.75) is 27.2 Å². The van der Waals surface area contributed by atoms with Gasteiger partial charge in [0.1, 0.15) is 0 Å². The van der Waals surface area contributed by atoms with Crippen molar-refractivity contribution in [3.05, 3.63) is 58.7 Å². The number of aldehydes is 1. The summed E-state index contributed by atoms with van der Waals surface area (Å²) in [6, 6.07) is 12.5. The number of carbonyl (C=O) groups excluding carboxylic acids is 1. The fourth-order valence-corrected chi connectivity index (χ4v) is 2.84. The predicted molar refractivity (Wildman–Crippen MR) is 88.0 cm³/mol. The second kappa shape index (κ2) is 5.21. The molecule has 0 bridgehead atoms. The molecule has 0 aliphatic heterocycles. The number of hydrogen-bond acceptors (Lipinski definition) is 1. The molecule has 2 nitrogen and oxygen atoms in total. The molecular formula is C19H19NO. The Morgan fingerprint density at radius 2 is 1.90 bits per heavy atom. The average molecular weight is 277 g/mol. The Morgan fingerprint density at radius 3 is 2.57 bits per heavy atom. The first-order valence-corrected chi connectivity index (χ1v) is 7.32. The zero-order valence-electron chi connectivity index (χ0n) is 12.7. The minimum atomic E-state index is 0.753. The summed E-state index contributed by atoms with van der Waals surface area (Å²) >= 11 is 0. The SMILES string of the molecule is CCc1cccc2c(C=O)c(-c3ccc(C)c(C)c3)[nH]c12. The number of carbonyl (C=O) groups is 1. The van der Waals surface area contributed by atoms with Crippen LogP contribution in [-0.2, 0) is 6.42 Å². The van der Waals surface area contributed by atoms with Crippen molar-refractivity contribution >= 4 is 17.2 Å². The van der Waals surface area contributed by atoms with Crippen molar-refractivity contribution in [2.24, 2.45) is 0 Å². The molecule has 21 heavy (non-hydrogen) atoms. The van der Waals surface area contributed by atoms with E-state index < -0.39 is 0 Å². The third kappa shape index (κ3) is 2.17. The van der Waals surface area contributed by atoms with Crippen LogP contribution in [0.25, 0.3) is 22.2 Å². The van der Waals surface area contributed by atoms with E-state index in [2.05, 4.69) is 50.0 Å². The lowest BCUT2D eigenvalue weighted by Crippen LogP contribution is -1.87. The van der Waals surface area contributed by atoms with Crippen LogP contribution in [0.2, 0.25) is 0 Å². The molecule has 2 aromatic carbocycles. The molecule has 106 valence electrons. The molecule has 0 saturated carbocycles. The summed E-state index contributed by atoms with van der Waals surface area (Å²) in [5, 5.41) is 1.01. The van der Waals surface area contributed by atoms with Crippen molar-refractivity contribution in [1.82, 2.24) is 4.98 Å². The van der Waals surface area contributed by atoms with E-state index in [0.29, 0.717) is 0 Å². The topological polar surface area (TPSA) is 32.9 Å². The van der Waals surface area contributed by atoms with Crippen molar-refractivity contribution in [2.75, 3.05) is 0 Å². The predicted octanol–water partition coefficient (Wildman–Crippen LogP) is 4.83. The molecule has 0 atom stereocenters. The standard InChI is InChI=1S/C19H19NO/c1-4-14-6-5-7-16-17(11-21)19(20-18(14)16)15-9-8-12(2)13(3)10-15/h5-11,20H,4H2,1-3H3. The minimum absolute atomic E-state index is 0.753. The summed E-state index contributed by atoms with van der Waals surface area (Å²) in [7, 11) is 0. The van der Waals surface area contributed by atoms with Gasteiger partial charge in [0, 0.05) is 16.5 Å². The van der Waals surface area contributed by atoms with E-state index in [0.717, 1.165) is 40.4 Å². The van der Waals surface area contributed by atoms with Gasteiger partial charge >= 0.3 is 0 Å². The van der Waals surface area contributed by atoms with E-state index in [1.165, 1.54) is 16.7 Å². The fraction of sp³-hybridized carbons (Fsp3) is 0.211. The monoisotopic (exact) mass is 277 g/mol. The van der Waals surface area contributed by atoms with Gasteiger partial charge in [0.2, 0.25) is 0 Å². The molecule has 0 radical (unpaired) electrons. The van der Waals surface area contributed by atoms with E-state index in [4.69, 9.17) is 0 Å². The number of H-pyrrole nitrogens is 1. The quantitative estimate of drug-likeness (QED) is 0.683. The van der Waals surface area contributed by atoms with E-state index in [9.17, 15) is 4.79 Å². The van der Waals surface area contributed by atoms with Crippen LogP contribution in [0.1, 0.15) is 34.0 Å². The second-order valence-corrected chi connectivity index (χ2v) is 5.52. The lowest BCUT2D eigenvalue weighted by Gasteiger charge is -2.04. The Hall–Kier alpha value is -2.35. The van der Waals surface area contributed by atoms with Crippen LogP contribution in [0, 0.1) is 13.8 Å². The second-order valence-electron chi connectivity index (χ2n) is 5.52. The van der Waals surface area contributed by atoms with Crippen LogP contribution in [0.3, 0.4) is 0 Å². The number of fused-ring (bicyclic) bond motifs is 1. The maximum absolute atomic E-state index is 11.6. The van der Waals surface area contributed by atoms with Gasteiger partial charge in [-0.05, 0) is 48.6 Å². The van der Waals surface area contributed by atoms with E-state index in [-0.39, 0.29) is 0 Å². The Balaban J connectivity index is 2.31. The molecule has 0 fully saturated rings. The van der Waals surface area contributed by atoms with E-state index >= 15 is 0 Å². The lowest BCUT2D eigenvalue weighted by molar-refractivity contribution is 0.112. The van der Waals surface area contributed by atoms with Crippen molar-refractivity contribution in [3.8, 4) is 11.3 Å². The fourth-order valence-electron chi connectivity index (χ4n) is 2.84. The summed E-state index contributed by atoms with van der Waals surface area (Å²) in [6.07, 6.45) is 1.91. The summed E-state index contributed by atoms with van der Waals surface area (Å²) in [5.74, 6) is 0. The first-order valence-electron chi connectivity index (χ1n) is 7.32. The number of hydrogen-bond donors (Lipinski definition) is 1. The molecule has 0 aliphatic rings. The molecule has 0 aliphatic carbocycles. The molecule has 2 heteroatoms. The normalized spacial score (nSPS) is 11.0. The summed E-state index contributed by atoms with van der Waals surface area (Å²) < 4.78 is 0. The highest BCUT2D eigenvalue weighted by Crippen LogP contribution is 2.31. The Kier molecular flexibility index (Phi) is 3.38. The molecule has 0 saturated heterocycles. The van der Waals surface area contributed by atoms with Gasteiger partial charge < -0.3 is 4.98 Å². The van der Waals surface area contributed by atoms with Gasteiger partial charge in [0.15, 0.2) is 6.29 Å². The Bertz CT molecular complexity index is 827. The van der Waals surface area contributed by atoms with Crippen molar-refractivity contribution in [3.63, 3.8) is 0 Å². The van der Waals surface area contributed by atoms with Gasteiger partial charge in [-0.15, -0.1) is 0 Å². The maximum atomic E-state index is 11.6. The zero-order chi connectivity index (χ0) is 15.0. The van der Waals surface area contributed by atoms with E-state index in [1.807, 2.05) is 12.1 Å². The van der Waals surface area contributed by atoms with Crippen LogP contribution in [0.15, 0.2) is 36.4 Å². The molecule has 1 N–H and O–H groups in total. The molecule has 3 rings (SSSR count). The third-order valence-electron chi connectivity index (χ3n) is 4.25. The largest absolute Gasteiger partial charge is 0.354 e.